The van der Waals surface area contributed by atoms with E-state index in [4.69, 9.17) is 4.74 Å². The van der Waals surface area contributed by atoms with Crippen LogP contribution in [0.1, 0.15) is 26.3 Å². The number of rotatable bonds is 4. The van der Waals surface area contributed by atoms with E-state index in [9.17, 15) is 13.5 Å². The van der Waals surface area contributed by atoms with E-state index in [1.165, 1.54) is 4.31 Å². The van der Waals surface area contributed by atoms with E-state index in [1.807, 2.05) is 20.8 Å². The Morgan fingerprint density at radius 1 is 1.35 bits per heavy atom. The molecule has 0 amide bonds. The van der Waals surface area contributed by atoms with Crippen LogP contribution < -0.4 is 4.74 Å². The minimum Gasteiger partial charge on any atom is -0.491 e. The van der Waals surface area contributed by atoms with Crippen molar-refractivity contribution in [1.82, 2.24) is 4.31 Å². The molecule has 0 unspecified atom stereocenters. The minimum absolute atomic E-state index is 0.0432. The molecule has 0 radical (unpaired) electrons. The van der Waals surface area contributed by atoms with Crippen LogP contribution in [0.3, 0.4) is 0 Å². The molecule has 0 bridgehead atoms. The molecule has 1 aliphatic heterocycles. The van der Waals surface area contributed by atoms with Gasteiger partial charge in [-0.2, -0.15) is 4.31 Å². The van der Waals surface area contributed by atoms with Crippen LogP contribution >= 0.6 is 0 Å². The summed E-state index contributed by atoms with van der Waals surface area (Å²) in [6, 6.07) is 4.84. The summed E-state index contributed by atoms with van der Waals surface area (Å²) in [5.74, 6) is 0.689. The molecule has 0 aromatic heterocycles. The summed E-state index contributed by atoms with van der Waals surface area (Å²) in [7, 11) is -3.52. The highest BCUT2D eigenvalue weighted by molar-refractivity contribution is 7.89. The summed E-state index contributed by atoms with van der Waals surface area (Å²) >= 11 is 0. The number of nitrogens with zero attached hydrogens (tertiary/aromatic N) is 1. The number of hydrogen-bond donors (Lipinski definition) is 1. The number of ether oxygens (including phenoxy) is 1. The normalized spacial score (nSPS) is 18.9. The summed E-state index contributed by atoms with van der Waals surface area (Å²) in [5.41, 5.74) is -0.130. The van der Waals surface area contributed by atoms with Gasteiger partial charge in [-0.3, -0.25) is 0 Å². The molecule has 1 heterocycles. The van der Waals surface area contributed by atoms with Gasteiger partial charge in [-0.15, -0.1) is 0 Å². The van der Waals surface area contributed by atoms with Crippen LogP contribution in [-0.4, -0.2) is 42.6 Å². The Morgan fingerprint density at radius 3 is 2.40 bits per heavy atom. The van der Waals surface area contributed by atoms with E-state index in [1.54, 1.807) is 25.1 Å². The predicted molar refractivity (Wildman–Crippen MR) is 76.3 cm³/mol. The first kappa shape index (κ1) is 15.3. The fraction of sp³-hybridized carbons (Fsp3) is 0.571. The first-order valence-electron chi connectivity index (χ1n) is 6.62. The van der Waals surface area contributed by atoms with Crippen LogP contribution in [0, 0.1) is 6.92 Å². The van der Waals surface area contributed by atoms with E-state index in [0.717, 1.165) is 5.56 Å². The van der Waals surface area contributed by atoms with Gasteiger partial charge in [0, 0.05) is 13.1 Å². The van der Waals surface area contributed by atoms with Crippen LogP contribution in [0.2, 0.25) is 0 Å². The van der Waals surface area contributed by atoms with Gasteiger partial charge >= 0.3 is 0 Å². The third kappa shape index (κ3) is 2.97. The maximum absolute atomic E-state index is 12.4. The number of sulfonamides is 1. The van der Waals surface area contributed by atoms with Crippen LogP contribution in [0.4, 0.5) is 0 Å². The Morgan fingerprint density at radius 2 is 1.95 bits per heavy atom. The first-order chi connectivity index (χ1) is 9.12. The zero-order valence-electron chi connectivity index (χ0n) is 12.3. The van der Waals surface area contributed by atoms with Gasteiger partial charge in [0.2, 0.25) is 10.0 Å². The number of hydrogen-bond acceptors (Lipinski definition) is 4. The molecule has 1 saturated heterocycles. The molecule has 20 heavy (non-hydrogen) atoms. The van der Waals surface area contributed by atoms with Crippen molar-refractivity contribution in [3.05, 3.63) is 23.8 Å². The molecule has 0 spiro atoms. The van der Waals surface area contributed by atoms with Gasteiger partial charge in [0.05, 0.1) is 16.6 Å². The minimum atomic E-state index is -3.52. The van der Waals surface area contributed by atoms with E-state index in [2.05, 4.69) is 0 Å². The van der Waals surface area contributed by atoms with Gasteiger partial charge in [0.15, 0.2) is 0 Å². The maximum atomic E-state index is 12.4. The molecule has 0 saturated carbocycles. The molecule has 0 atom stereocenters. The second kappa shape index (κ2) is 5.02. The quantitative estimate of drug-likeness (QED) is 0.916. The second-order valence-electron chi connectivity index (χ2n) is 5.86. The standard InChI is InChI=1S/C14H21NO4S/c1-10(2)19-13-6-5-12(7-11(13)3)20(17,18)15-8-14(4,16)9-15/h5-7,10,16H,8-9H2,1-4H3. The Bertz CT molecular complexity index is 600. The molecule has 1 N–H and O–H groups in total. The number of aliphatic hydroxyl groups is 1. The fourth-order valence-electron chi connectivity index (χ4n) is 2.20. The molecule has 5 nitrogen and oxygen atoms in total. The smallest absolute Gasteiger partial charge is 0.243 e. The third-order valence-corrected chi connectivity index (χ3v) is 4.97. The van der Waals surface area contributed by atoms with Crippen molar-refractivity contribution in [2.45, 2.75) is 44.3 Å². The molecule has 6 heteroatoms. The zero-order valence-corrected chi connectivity index (χ0v) is 13.1. The van der Waals surface area contributed by atoms with Crippen LogP contribution in [0.5, 0.6) is 5.75 Å². The Kier molecular flexibility index (Phi) is 3.83. The van der Waals surface area contributed by atoms with Crippen molar-refractivity contribution in [3.63, 3.8) is 0 Å². The summed E-state index contributed by atoms with van der Waals surface area (Å²) in [6.07, 6.45) is 0.0432. The van der Waals surface area contributed by atoms with Crippen molar-refractivity contribution in [3.8, 4) is 5.75 Å². The Hall–Kier alpha value is -1.11. The van der Waals surface area contributed by atoms with E-state index >= 15 is 0 Å². The molecule has 112 valence electrons. The summed E-state index contributed by atoms with van der Waals surface area (Å²) < 4.78 is 31.6. The van der Waals surface area contributed by atoms with Crippen molar-refractivity contribution in [1.29, 1.82) is 0 Å². The lowest BCUT2D eigenvalue weighted by atomic mass is 10.0. The molecular weight excluding hydrogens is 278 g/mol. The van der Waals surface area contributed by atoms with Gasteiger partial charge < -0.3 is 9.84 Å². The Labute approximate surface area is 120 Å². The van der Waals surface area contributed by atoms with Gasteiger partial charge in [0.1, 0.15) is 5.75 Å². The lowest BCUT2D eigenvalue weighted by Gasteiger charge is -2.42. The van der Waals surface area contributed by atoms with Gasteiger partial charge in [-0.05, 0) is 51.5 Å². The average Bonchev–Trinajstić information content (AvgIpc) is 2.28. The molecule has 1 aromatic carbocycles. The first-order valence-corrected chi connectivity index (χ1v) is 8.06. The molecule has 0 aliphatic carbocycles. The van der Waals surface area contributed by atoms with Crippen LogP contribution in [-0.2, 0) is 10.0 Å². The molecule has 2 rings (SSSR count). The zero-order chi connectivity index (χ0) is 15.1. The molecule has 1 fully saturated rings. The predicted octanol–water partition coefficient (Wildman–Crippen LogP) is 1.54. The SMILES string of the molecule is Cc1cc(S(=O)(=O)N2CC(C)(O)C2)ccc1OC(C)C. The second-order valence-corrected chi connectivity index (χ2v) is 7.80. The largest absolute Gasteiger partial charge is 0.491 e. The lowest BCUT2D eigenvalue weighted by Crippen LogP contribution is -2.61. The van der Waals surface area contributed by atoms with Gasteiger partial charge in [-0.1, -0.05) is 0 Å². The number of benzene rings is 1. The highest BCUT2D eigenvalue weighted by atomic mass is 32.2. The summed E-state index contributed by atoms with van der Waals surface area (Å²) in [5, 5.41) is 9.67. The maximum Gasteiger partial charge on any atom is 0.243 e. The average molecular weight is 299 g/mol. The van der Waals surface area contributed by atoms with Gasteiger partial charge in [0.25, 0.3) is 0 Å². The molecule has 1 aromatic rings. The summed E-state index contributed by atoms with van der Waals surface area (Å²) in [4.78, 5) is 0.238. The van der Waals surface area contributed by atoms with E-state index in [0.29, 0.717) is 5.75 Å². The van der Waals surface area contributed by atoms with Crippen LogP contribution in [0.25, 0.3) is 0 Å². The monoisotopic (exact) mass is 299 g/mol. The fourth-order valence-corrected chi connectivity index (χ4v) is 3.96. The molecular formula is C14H21NO4S. The number of aryl methyl sites for hydroxylation is 1. The van der Waals surface area contributed by atoms with Crippen LogP contribution in [0.15, 0.2) is 23.1 Å². The summed E-state index contributed by atoms with van der Waals surface area (Å²) in [6.45, 7) is 7.57. The van der Waals surface area contributed by atoms with Crippen molar-refractivity contribution < 1.29 is 18.3 Å². The topological polar surface area (TPSA) is 66.8 Å². The van der Waals surface area contributed by atoms with Crippen molar-refractivity contribution >= 4 is 10.0 Å². The molecule has 1 aliphatic rings. The highest BCUT2D eigenvalue weighted by Crippen LogP contribution is 2.30. The third-order valence-electron chi connectivity index (χ3n) is 3.18. The number of β-amino-alcohol motifs (C(OH)–C–C–N with tert-alkyl or cyclic N) is 1. The highest BCUT2D eigenvalue weighted by Gasteiger charge is 2.43. The van der Waals surface area contributed by atoms with Crippen molar-refractivity contribution in [2.75, 3.05) is 13.1 Å². The van der Waals surface area contributed by atoms with E-state index in [-0.39, 0.29) is 24.1 Å². The van der Waals surface area contributed by atoms with Gasteiger partial charge in [-0.25, -0.2) is 8.42 Å². The van der Waals surface area contributed by atoms with E-state index < -0.39 is 15.6 Å². The van der Waals surface area contributed by atoms with Crippen molar-refractivity contribution in [2.24, 2.45) is 0 Å². The Balaban J connectivity index is 2.23. The lowest BCUT2D eigenvalue weighted by molar-refractivity contribution is -0.0426.